The summed E-state index contributed by atoms with van der Waals surface area (Å²) in [5, 5.41) is 0. The summed E-state index contributed by atoms with van der Waals surface area (Å²) in [5.74, 6) is 0.332. The lowest BCUT2D eigenvalue weighted by atomic mass is 9.95. The van der Waals surface area contributed by atoms with E-state index in [9.17, 15) is 4.79 Å². The molecule has 0 spiro atoms. The number of Topliss-reactive ketones (excluding diaryl/α,β-unsaturated/α-hetero) is 1. The molecule has 2 aliphatic heterocycles. The summed E-state index contributed by atoms with van der Waals surface area (Å²) in [6.07, 6.45) is 6.56. The van der Waals surface area contributed by atoms with Gasteiger partial charge in [-0.15, -0.1) is 0 Å². The van der Waals surface area contributed by atoms with Gasteiger partial charge in [-0.3, -0.25) is 4.79 Å². The first-order valence-corrected chi connectivity index (χ1v) is 5.51. The van der Waals surface area contributed by atoms with Crippen LogP contribution in [0.2, 0.25) is 0 Å². The van der Waals surface area contributed by atoms with Crippen molar-refractivity contribution in [3.05, 3.63) is 9.78 Å². The number of nitrogens with zero attached hydrogens (tertiary/aromatic N) is 1. The van der Waals surface area contributed by atoms with E-state index in [1.165, 1.54) is 19.3 Å². The molecular weight excluding hydrogens is 265 g/mol. The van der Waals surface area contributed by atoms with Gasteiger partial charge in [0.25, 0.3) is 0 Å². The van der Waals surface area contributed by atoms with Crippen molar-refractivity contribution in [1.29, 1.82) is 0 Å². The van der Waals surface area contributed by atoms with Crippen molar-refractivity contribution in [3.8, 4) is 0 Å². The molecule has 0 aromatic rings. The fraction of sp³-hybridized carbons (Fsp3) is 0.667. The maximum absolute atomic E-state index is 11.3. The van der Waals surface area contributed by atoms with Gasteiger partial charge in [0.15, 0.2) is 5.78 Å². The minimum Gasteiger partial charge on any atom is -0.373 e. The number of piperidine rings is 1. The molecule has 12 heavy (non-hydrogen) atoms. The number of fused-ring (bicyclic) bond motifs is 1. The summed E-state index contributed by atoms with van der Waals surface area (Å²) in [7, 11) is 0. The summed E-state index contributed by atoms with van der Waals surface area (Å²) < 4.78 is 0.908. The second-order valence-corrected chi connectivity index (χ2v) is 4.65. The number of carbonyl (C=O) groups excluding carboxylic acids is 1. The van der Waals surface area contributed by atoms with E-state index in [0.29, 0.717) is 11.8 Å². The van der Waals surface area contributed by atoms with Crippen LogP contribution >= 0.6 is 22.6 Å². The van der Waals surface area contributed by atoms with Crippen LogP contribution < -0.4 is 0 Å². The first-order chi connectivity index (χ1) is 5.77. The molecule has 0 saturated carbocycles. The number of rotatable bonds is 0. The lowest BCUT2D eigenvalue weighted by Crippen LogP contribution is -2.40. The van der Waals surface area contributed by atoms with E-state index in [2.05, 4.69) is 27.5 Å². The Labute approximate surface area is 86.1 Å². The van der Waals surface area contributed by atoms with Crippen molar-refractivity contribution in [1.82, 2.24) is 4.90 Å². The minimum atomic E-state index is 0.332. The van der Waals surface area contributed by atoms with E-state index in [1.54, 1.807) is 0 Å². The summed E-state index contributed by atoms with van der Waals surface area (Å²) in [4.78, 5) is 13.7. The highest BCUT2D eigenvalue weighted by Gasteiger charge is 2.27. The Kier molecular flexibility index (Phi) is 2.39. The Hall–Kier alpha value is -0.0600. The molecule has 0 aromatic carbocycles. The van der Waals surface area contributed by atoms with Crippen LogP contribution in [0, 0.1) is 0 Å². The molecule has 0 aromatic heterocycles. The van der Waals surface area contributed by atoms with E-state index in [-0.39, 0.29) is 0 Å². The molecule has 0 N–H and O–H groups in total. The molecule has 3 heteroatoms. The fourth-order valence-corrected chi connectivity index (χ4v) is 2.52. The summed E-state index contributed by atoms with van der Waals surface area (Å²) >= 11 is 2.14. The van der Waals surface area contributed by atoms with Crippen molar-refractivity contribution in [3.63, 3.8) is 0 Å². The number of carbonyl (C=O) groups is 1. The van der Waals surface area contributed by atoms with Gasteiger partial charge in [0, 0.05) is 25.2 Å². The Bertz CT molecular complexity index is 237. The molecule has 2 heterocycles. The zero-order chi connectivity index (χ0) is 8.55. The minimum absolute atomic E-state index is 0.332. The van der Waals surface area contributed by atoms with Gasteiger partial charge in [-0.1, -0.05) is 0 Å². The molecule has 2 rings (SSSR count). The van der Waals surface area contributed by atoms with Gasteiger partial charge in [0.1, 0.15) is 0 Å². The van der Waals surface area contributed by atoms with Crippen LogP contribution in [0.4, 0.5) is 0 Å². The van der Waals surface area contributed by atoms with E-state index >= 15 is 0 Å². The second-order valence-electron chi connectivity index (χ2n) is 3.49. The van der Waals surface area contributed by atoms with Gasteiger partial charge in [0.2, 0.25) is 0 Å². The number of hydrogen-bond donors (Lipinski definition) is 0. The van der Waals surface area contributed by atoms with E-state index in [1.807, 2.05) is 6.20 Å². The largest absolute Gasteiger partial charge is 0.373 e. The molecule has 0 radical (unpaired) electrons. The van der Waals surface area contributed by atoms with Crippen molar-refractivity contribution >= 4 is 28.4 Å². The third kappa shape index (κ3) is 1.51. The van der Waals surface area contributed by atoms with Gasteiger partial charge in [-0.05, 0) is 41.9 Å². The standard InChI is InChI=1S/C9H12INO/c10-8-6-11-4-2-1-3-7(11)5-9(8)12/h6-7H,1-5H2. The van der Waals surface area contributed by atoms with Crippen LogP contribution in [0.3, 0.4) is 0 Å². The maximum atomic E-state index is 11.3. The van der Waals surface area contributed by atoms with Gasteiger partial charge < -0.3 is 4.90 Å². The first kappa shape index (κ1) is 8.53. The summed E-state index contributed by atoms with van der Waals surface area (Å²) in [6, 6.07) is 0.518. The van der Waals surface area contributed by atoms with Crippen LogP contribution in [-0.2, 0) is 4.79 Å². The van der Waals surface area contributed by atoms with Crippen LogP contribution in [0.15, 0.2) is 9.78 Å². The van der Waals surface area contributed by atoms with E-state index in [4.69, 9.17) is 0 Å². The van der Waals surface area contributed by atoms with Crippen molar-refractivity contribution in [2.24, 2.45) is 0 Å². The first-order valence-electron chi connectivity index (χ1n) is 4.43. The number of ketones is 1. The molecular formula is C9H12INO. The summed E-state index contributed by atoms with van der Waals surface area (Å²) in [6.45, 7) is 1.14. The molecule has 0 aliphatic carbocycles. The van der Waals surface area contributed by atoms with Crippen molar-refractivity contribution in [2.75, 3.05) is 6.54 Å². The normalized spacial score (nSPS) is 29.8. The highest BCUT2D eigenvalue weighted by atomic mass is 127. The molecule has 1 unspecified atom stereocenters. The molecule has 1 saturated heterocycles. The van der Waals surface area contributed by atoms with Crippen molar-refractivity contribution in [2.45, 2.75) is 31.7 Å². The zero-order valence-corrected chi connectivity index (χ0v) is 9.08. The molecule has 0 bridgehead atoms. The van der Waals surface area contributed by atoms with Gasteiger partial charge in [-0.2, -0.15) is 0 Å². The predicted octanol–water partition coefficient (Wildman–Crippen LogP) is 2.09. The lowest BCUT2D eigenvalue weighted by molar-refractivity contribution is -0.116. The van der Waals surface area contributed by atoms with Gasteiger partial charge in [0.05, 0.1) is 3.58 Å². The predicted molar refractivity (Wildman–Crippen MR) is 56.1 cm³/mol. The Morgan fingerprint density at radius 2 is 2.33 bits per heavy atom. The third-order valence-corrected chi connectivity index (χ3v) is 3.52. The van der Waals surface area contributed by atoms with Gasteiger partial charge in [-0.25, -0.2) is 0 Å². The van der Waals surface area contributed by atoms with Gasteiger partial charge >= 0.3 is 0 Å². The maximum Gasteiger partial charge on any atom is 0.172 e. The third-order valence-electron chi connectivity index (χ3n) is 2.64. The van der Waals surface area contributed by atoms with Crippen LogP contribution in [0.25, 0.3) is 0 Å². The van der Waals surface area contributed by atoms with E-state index in [0.717, 1.165) is 16.5 Å². The topological polar surface area (TPSA) is 20.3 Å². The molecule has 66 valence electrons. The number of halogens is 1. The Morgan fingerprint density at radius 1 is 1.50 bits per heavy atom. The monoisotopic (exact) mass is 277 g/mol. The lowest BCUT2D eigenvalue weighted by Gasteiger charge is -2.37. The fourth-order valence-electron chi connectivity index (χ4n) is 1.94. The zero-order valence-electron chi connectivity index (χ0n) is 6.92. The van der Waals surface area contributed by atoms with Crippen molar-refractivity contribution < 1.29 is 4.79 Å². The van der Waals surface area contributed by atoms with Crippen LogP contribution in [0.5, 0.6) is 0 Å². The Balaban J connectivity index is 2.17. The molecule has 2 nitrogen and oxygen atoms in total. The average Bonchev–Trinajstić information content (AvgIpc) is 2.07. The van der Waals surface area contributed by atoms with Crippen LogP contribution in [-0.4, -0.2) is 23.3 Å². The molecule has 1 fully saturated rings. The highest BCUT2D eigenvalue weighted by Crippen LogP contribution is 2.28. The highest BCUT2D eigenvalue weighted by molar-refractivity contribution is 14.1. The molecule has 2 aliphatic rings. The smallest absolute Gasteiger partial charge is 0.172 e. The second kappa shape index (κ2) is 3.36. The number of allylic oxidation sites excluding steroid dienone is 1. The Morgan fingerprint density at radius 3 is 3.17 bits per heavy atom. The average molecular weight is 277 g/mol. The van der Waals surface area contributed by atoms with Crippen LogP contribution in [0.1, 0.15) is 25.7 Å². The number of hydrogen-bond acceptors (Lipinski definition) is 2. The SMILES string of the molecule is O=C1CC2CCCCN2C=C1I. The molecule has 1 atom stereocenters. The summed E-state index contributed by atoms with van der Waals surface area (Å²) in [5.41, 5.74) is 0. The van der Waals surface area contributed by atoms with E-state index < -0.39 is 0 Å². The molecule has 0 amide bonds. The quantitative estimate of drug-likeness (QED) is 0.632.